The lowest BCUT2D eigenvalue weighted by Gasteiger charge is -2.29. The summed E-state index contributed by atoms with van der Waals surface area (Å²) < 4.78 is 0. The molecule has 0 bridgehead atoms. The molecule has 0 aliphatic rings. The molecule has 0 aliphatic carbocycles. The number of hydrogen-bond acceptors (Lipinski definition) is 2. The van der Waals surface area contributed by atoms with Gasteiger partial charge in [0.15, 0.2) is 0 Å². The Bertz CT molecular complexity index is 975. The van der Waals surface area contributed by atoms with Gasteiger partial charge in [0.2, 0.25) is 11.8 Å². The van der Waals surface area contributed by atoms with E-state index in [1.54, 1.807) is 24.0 Å². The van der Waals surface area contributed by atoms with Gasteiger partial charge in [-0.3, -0.25) is 9.59 Å². The summed E-state index contributed by atoms with van der Waals surface area (Å²) in [4.78, 5) is 27.6. The molecule has 0 aliphatic heterocycles. The van der Waals surface area contributed by atoms with Crippen LogP contribution in [0.3, 0.4) is 0 Å². The van der Waals surface area contributed by atoms with Gasteiger partial charge in [0, 0.05) is 18.1 Å². The fraction of sp³-hybridized carbons (Fsp3) is 0.231. The summed E-state index contributed by atoms with van der Waals surface area (Å²) >= 11 is 5.95. The van der Waals surface area contributed by atoms with Crippen molar-refractivity contribution in [3.8, 4) is 0 Å². The summed E-state index contributed by atoms with van der Waals surface area (Å²) in [6, 6.07) is 26.4. The molecule has 3 aromatic rings. The van der Waals surface area contributed by atoms with E-state index in [0.29, 0.717) is 18.1 Å². The summed E-state index contributed by atoms with van der Waals surface area (Å²) in [5.41, 5.74) is 3.01. The lowest BCUT2D eigenvalue weighted by atomic mass is 10.1. The number of carbonyl (C=O) groups is 2. The Morgan fingerprint density at radius 1 is 0.839 bits per heavy atom. The highest BCUT2D eigenvalue weighted by atomic mass is 35.5. The van der Waals surface area contributed by atoms with Crippen molar-refractivity contribution >= 4 is 23.4 Å². The first-order valence-electron chi connectivity index (χ1n) is 10.4. The van der Waals surface area contributed by atoms with Crippen LogP contribution in [0.4, 0.5) is 0 Å². The predicted molar refractivity (Wildman–Crippen MR) is 125 cm³/mol. The maximum Gasteiger partial charge on any atom is 0.242 e. The molecule has 1 atom stereocenters. The Hall–Kier alpha value is -3.11. The van der Waals surface area contributed by atoms with Crippen molar-refractivity contribution in [2.45, 2.75) is 32.4 Å². The minimum Gasteiger partial charge on any atom is -0.354 e. The second-order valence-electron chi connectivity index (χ2n) is 7.51. The first-order valence-corrected chi connectivity index (χ1v) is 10.8. The number of carbonyl (C=O) groups excluding carboxylic acids is 2. The monoisotopic (exact) mass is 434 g/mol. The lowest BCUT2D eigenvalue weighted by Crippen LogP contribution is -2.48. The lowest BCUT2D eigenvalue weighted by molar-refractivity contribution is -0.140. The maximum atomic E-state index is 13.2. The molecule has 2 amide bonds. The van der Waals surface area contributed by atoms with E-state index in [0.717, 1.165) is 23.1 Å². The van der Waals surface area contributed by atoms with Crippen molar-refractivity contribution in [3.05, 3.63) is 107 Å². The molecule has 1 N–H and O–H groups in total. The van der Waals surface area contributed by atoms with Crippen molar-refractivity contribution in [2.75, 3.05) is 6.54 Å². The zero-order valence-electron chi connectivity index (χ0n) is 17.6. The van der Waals surface area contributed by atoms with E-state index < -0.39 is 6.04 Å². The molecular formula is C26H27ClN2O2. The van der Waals surface area contributed by atoms with Crippen LogP contribution in [0.5, 0.6) is 0 Å². The molecule has 0 radical (unpaired) electrons. The number of hydrogen-bond donors (Lipinski definition) is 1. The second-order valence-corrected chi connectivity index (χ2v) is 7.95. The van der Waals surface area contributed by atoms with Crippen molar-refractivity contribution in [2.24, 2.45) is 0 Å². The fourth-order valence-corrected chi connectivity index (χ4v) is 3.49. The van der Waals surface area contributed by atoms with Crippen LogP contribution in [0.2, 0.25) is 5.02 Å². The first-order chi connectivity index (χ1) is 15.0. The van der Waals surface area contributed by atoms with Crippen LogP contribution in [0, 0.1) is 0 Å². The SMILES string of the molecule is C[C@@H](C(=O)NCCc1ccccc1)N(Cc1ccccc1)C(=O)Cc1ccc(Cl)cc1. The molecular weight excluding hydrogens is 408 g/mol. The van der Waals surface area contributed by atoms with Gasteiger partial charge in [-0.15, -0.1) is 0 Å². The van der Waals surface area contributed by atoms with Crippen molar-refractivity contribution < 1.29 is 9.59 Å². The van der Waals surface area contributed by atoms with E-state index in [-0.39, 0.29) is 18.2 Å². The Balaban J connectivity index is 1.67. The third-order valence-electron chi connectivity index (χ3n) is 5.19. The van der Waals surface area contributed by atoms with Crippen LogP contribution in [0.15, 0.2) is 84.9 Å². The van der Waals surface area contributed by atoms with Gasteiger partial charge in [-0.2, -0.15) is 0 Å². The Labute approximate surface area is 188 Å². The van der Waals surface area contributed by atoms with Crippen LogP contribution in [-0.2, 0) is 29.0 Å². The minimum absolute atomic E-state index is 0.100. The van der Waals surface area contributed by atoms with Gasteiger partial charge in [0.1, 0.15) is 6.04 Å². The van der Waals surface area contributed by atoms with Gasteiger partial charge in [0.05, 0.1) is 6.42 Å². The molecule has 3 aromatic carbocycles. The summed E-state index contributed by atoms with van der Waals surface area (Å²) in [5, 5.41) is 3.60. The first kappa shape index (κ1) is 22.6. The molecule has 0 fully saturated rings. The molecule has 160 valence electrons. The molecule has 31 heavy (non-hydrogen) atoms. The van der Waals surface area contributed by atoms with E-state index in [4.69, 9.17) is 11.6 Å². The highest BCUT2D eigenvalue weighted by Gasteiger charge is 2.26. The Morgan fingerprint density at radius 3 is 2.03 bits per heavy atom. The van der Waals surface area contributed by atoms with Gasteiger partial charge < -0.3 is 10.2 Å². The third kappa shape index (κ3) is 6.97. The summed E-state index contributed by atoms with van der Waals surface area (Å²) in [6.45, 7) is 2.68. The van der Waals surface area contributed by atoms with Gasteiger partial charge in [0.25, 0.3) is 0 Å². The highest BCUT2D eigenvalue weighted by Crippen LogP contribution is 2.14. The van der Waals surface area contributed by atoms with Crippen LogP contribution < -0.4 is 5.32 Å². The number of nitrogens with one attached hydrogen (secondary N) is 1. The van der Waals surface area contributed by atoms with Crippen molar-refractivity contribution in [3.63, 3.8) is 0 Å². The van der Waals surface area contributed by atoms with Gasteiger partial charge >= 0.3 is 0 Å². The number of rotatable bonds is 9. The van der Waals surface area contributed by atoms with E-state index in [1.807, 2.05) is 72.8 Å². The number of benzene rings is 3. The van der Waals surface area contributed by atoms with Crippen LogP contribution in [-0.4, -0.2) is 29.3 Å². The molecule has 5 heteroatoms. The molecule has 0 aromatic heterocycles. The third-order valence-corrected chi connectivity index (χ3v) is 5.44. The molecule has 0 spiro atoms. The number of halogens is 1. The average molecular weight is 435 g/mol. The topological polar surface area (TPSA) is 49.4 Å². The Morgan fingerprint density at radius 2 is 1.42 bits per heavy atom. The molecule has 0 heterocycles. The molecule has 3 rings (SSSR count). The molecule has 0 saturated carbocycles. The fourth-order valence-electron chi connectivity index (χ4n) is 3.36. The predicted octanol–water partition coefficient (Wildman–Crippen LogP) is 4.66. The summed E-state index contributed by atoms with van der Waals surface area (Å²) in [6.07, 6.45) is 0.961. The van der Waals surface area contributed by atoms with Gasteiger partial charge in [-0.1, -0.05) is 84.4 Å². The quantitative estimate of drug-likeness (QED) is 0.532. The van der Waals surface area contributed by atoms with E-state index >= 15 is 0 Å². The van der Waals surface area contributed by atoms with Crippen molar-refractivity contribution in [1.29, 1.82) is 0 Å². The molecule has 0 saturated heterocycles. The number of amides is 2. The largest absolute Gasteiger partial charge is 0.354 e. The normalized spacial score (nSPS) is 11.5. The summed E-state index contributed by atoms with van der Waals surface area (Å²) in [7, 11) is 0. The minimum atomic E-state index is -0.587. The van der Waals surface area contributed by atoms with Crippen LogP contribution >= 0.6 is 11.6 Å². The van der Waals surface area contributed by atoms with E-state index in [9.17, 15) is 9.59 Å². The molecule has 0 unspecified atom stereocenters. The van der Waals surface area contributed by atoms with Crippen LogP contribution in [0.25, 0.3) is 0 Å². The number of nitrogens with zero attached hydrogens (tertiary/aromatic N) is 1. The van der Waals surface area contributed by atoms with E-state index in [2.05, 4.69) is 5.32 Å². The zero-order chi connectivity index (χ0) is 22.1. The average Bonchev–Trinajstić information content (AvgIpc) is 2.80. The zero-order valence-corrected chi connectivity index (χ0v) is 18.4. The van der Waals surface area contributed by atoms with Gasteiger partial charge in [-0.05, 0) is 42.2 Å². The highest BCUT2D eigenvalue weighted by molar-refractivity contribution is 6.30. The van der Waals surface area contributed by atoms with Crippen molar-refractivity contribution in [1.82, 2.24) is 10.2 Å². The Kier molecular flexibility index (Phi) is 8.25. The molecule has 4 nitrogen and oxygen atoms in total. The summed E-state index contributed by atoms with van der Waals surface area (Å²) in [5.74, 6) is -0.256. The smallest absolute Gasteiger partial charge is 0.242 e. The van der Waals surface area contributed by atoms with Crippen LogP contribution in [0.1, 0.15) is 23.6 Å². The maximum absolute atomic E-state index is 13.2. The van der Waals surface area contributed by atoms with Gasteiger partial charge in [-0.25, -0.2) is 0 Å². The second kappa shape index (κ2) is 11.3. The standard InChI is InChI=1S/C26H27ClN2O2/c1-20(26(31)28-17-16-21-8-4-2-5-9-21)29(19-23-10-6-3-7-11-23)25(30)18-22-12-14-24(27)15-13-22/h2-15,20H,16-19H2,1H3,(H,28,31)/t20-/m0/s1. The van der Waals surface area contributed by atoms with E-state index in [1.165, 1.54) is 0 Å².